The summed E-state index contributed by atoms with van der Waals surface area (Å²) >= 11 is 3.73. The number of benzene rings is 11. The summed E-state index contributed by atoms with van der Waals surface area (Å²) in [7, 11) is 0. The molecular formula is C66H39N3S2. The molecule has 0 atom stereocenters. The fraction of sp³-hybridized carbons (Fsp3) is 0. The van der Waals surface area contributed by atoms with Crippen LogP contribution < -0.4 is 0 Å². The second kappa shape index (κ2) is 14.9. The molecule has 0 N–H and O–H groups in total. The number of hydrogen-bond donors (Lipinski definition) is 0. The molecule has 330 valence electrons. The third-order valence-electron chi connectivity index (χ3n) is 15.0. The van der Waals surface area contributed by atoms with Gasteiger partial charge in [0.1, 0.15) is 0 Å². The molecule has 0 spiro atoms. The zero-order valence-corrected chi connectivity index (χ0v) is 39.8. The van der Waals surface area contributed by atoms with Crippen LogP contribution in [0.15, 0.2) is 237 Å². The lowest BCUT2D eigenvalue weighted by Gasteiger charge is -2.10. The summed E-state index contributed by atoms with van der Waals surface area (Å²) in [5, 5.41) is 12.7. The van der Waals surface area contributed by atoms with Crippen LogP contribution in [0.25, 0.3) is 145 Å². The minimum Gasteiger partial charge on any atom is -0.309 e. The molecule has 71 heavy (non-hydrogen) atoms. The maximum absolute atomic E-state index is 2.44. The van der Waals surface area contributed by atoms with Gasteiger partial charge in [-0.25, -0.2) is 0 Å². The van der Waals surface area contributed by atoms with E-state index in [0.717, 1.165) is 5.69 Å². The van der Waals surface area contributed by atoms with Gasteiger partial charge in [0.2, 0.25) is 0 Å². The van der Waals surface area contributed by atoms with Gasteiger partial charge in [0.15, 0.2) is 0 Å². The van der Waals surface area contributed by atoms with Crippen molar-refractivity contribution in [1.82, 2.24) is 13.7 Å². The van der Waals surface area contributed by atoms with Gasteiger partial charge < -0.3 is 13.7 Å². The van der Waals surface area contributed by atoms with Gasteiger partial charge in [-0.05, 0) is 144 Å². The SMILES string of the molecule is c1ccc(-n2c3ccc(-c4ccc5c(c4)c4ccccc4n5-c4ccc5sc6ccccc6c5c4)cc3c3cc(-c4ccc5c(c4)c4ccccc4n5-c4ccc5sc6ccccc6c5c4)ccc32)cc1. The Labute approximate surface area is 415 Å². The molecule has 0 fully saturated rings. The Morgan fingerprint density at radius 2 is 0.521 bits per heavy atom. The van der Waals surface area contributed by atoms with Gasteiger partial charge in [-0.3, -0.25) is 0 Å². The van der Waals surface area contributed by atoms with Crippen LogP contribution in [0.4, 0.5) is 0 Å². The van der Waals surface area contributed by atoms with Gasteiger partial charge in [0.25, 0.3) is 0 Å². The maximum Gasteiger partial charge on any atom is 0.0541 e. The zero-order valence-electron chi connectivity index (χ0n) is 38.2. The topological polar surface area (TPSA) is 14.8 Å². The summed E-state index contributed by atoms with van der Waals surface area (Å²) in [6, 6.07) is 88.1. The lowest BCUT2D eigenvalue weighted by Crippen LogP contribution is -1.93. The highest BCUT2D eigenvalue weighted by molar-refractivity contribution is 7.26. The third kappa shape index (κ3) is 5.76. The van der Waals surface area contributed by atoms with Gasteiger partial charge >= 0.3 is 0 Å². The Morgan fingerprint density at radius 1 is 0.197 bits per heavy atom. The van der Waals surface area contributed by atoms with Crippen LogP contribution in [-0.2, 0) is 0 Å². The van der Waals surface area contributed by atoms with Crippen molar-refractivity contribution in [3.8, 4) is 39.3 Å². The molecule has 0 bridgehead atoms. The number of fused-ring (bicyclic) bond motifs is 15. The van der Waals surface area contributed by atoms with Crippen LogP contribution >= 0.6 is 22.7 Å². The molecule has 0 saturated heterocycles. The van der Waals surface area contributed by atoms with Crippen molar-refractivity contribution in [1.29, 1.82) is 0 Å². The summed E-state index contributed by atoms with van der Waals surface area (Å²) in [5.41, 5.74) is 15.5. The van der Waals surface area contributed by atoms with Crippen molar-refractivity contribution in [3.05, 3.63) is 237 Å². The minimum atomic E-state index is 1.15. The van der Waals surface area contributed by atoms with E-state index in [1.807, 2.05) is 22.7 Å². The predicted octanol–water partition coefficient (Wildman–Crippen LogP) is 19.0. The monoisotopic (exact) mass is 937 g/mol. The highest BCUT2D eigenvalue weighted by Crippen LogP contribution is 2.43. The van der Waals surface area contributed by atoms with Crippen LogP contribution in [0.3, 0.4) is 0 Å². The van der Waals surface area contributed by atoms with Gasteiger partial charge in [-0.15, -0.1) is 22.7 Å². The number of hydrogen-bond acceptors (Lipinski definition) is 2. The maximum atomic E-state index is 2.44. The highest BCUT2D eigenvalue weighted by Gasteiger charge is 2.20. The lowest BCUT2D eigenvalue weighted by atomic mass is 9.98. The van der Waals surface area contributed by atoms with E-state index >= 15 is 0 Å². The van der Waals surface area contributed by atoms with Gasteiger partial charge in [-0.1, -0.05) is 115 Å². The Morgan fingerprint density at radius 3 is 0.958 bits per heavy atom. The Balaban J connectivity index is 0.850. The zero-order chi connectivity index (χ0) is 46.3. The fourth-order valence-electron chi connectivity index (χ4n) is 11.8. The molecule has 0 radical (unpaired) electrons. The molecule has 0 unspecified atom stereocenters. The lowest BCUT2D eigenvalue weighted by molar-refractivity contribution is 1.18. The molecule has 0 aliphatic rings. The second-order valence-corrected chi connectivity index (χ2v) is 21.0. The summed E-state index contributed by atoms with van der Waals surface area (Å²) in [6.45, 7) is 0. The van der Waals surface area contributed by atoms with Crippen LogP contribution in [0, 0.1) is 0 Å². The predicted molar refractivity (Wildman–Crippen MR) is 306 cm³/mol. The number of rotatable bonds is 5. The van der Waals surface area contributed by atoms with E-state index in [4.69, 9.17) is 0 Å². The Kier molecular flexibility index (Phi) is 8.20. The van der Waals surface area contributed by atoms with Crippen LogP contribution in [0.2, 0.25) is 0 Å². The van der Waals surface area contributed by atoms with Gasteiger partial charge in [-0.2, -0.15) is 0 Å². The molecule has 5 heterocycles. The Bertz CT molecular complexity index is 4590. The van der Waals surface area contributed by atoms with E-state index in [-0.39, 0.29) is 0 Å². The molecule has 16 rings (SSSR count). The van der Waals surface area contributed by atoms with E-state index < -0.39 is 0 Å². The van der Waals surface area contributed by atoms with Crippen LogP contribution in [-0.4, -0.2) is 13.7 Å². The summed E-state index contributed by atoms with van der Waals surface area (Å²) in [4.78, 5) is 0. The molecule has 5 aromatic heterocycles. The van der Waals surface area contributed by atoms with Crippen molar-refractivity contribution in [2.45, 2.75) is 0 Å². The minimum absolute atomic E-state index is 1.15. The first-order valence-corrected chi connectivity index (χ1v) is 25.9. The smallest absolute Gasteiger partial charge is 0.0541 e. The quantitative estimate of drug-likeness (QED) is 0.163. The second-order valence-electron chi connectivity index (χ2n) is 18.9. The number of para-hydroxylation sites is 3. The molecule has 0 aliphatic heterocycles. The van der Waals surface area contributed by atoms with Gasteiger partial charge in [0.05, 0.1) is 33.1 Å². The third-order valence-corrected chi connectivity index (χ3v) is 17.3. The molecule has 3 nitrogen and oxygen atoms in total. The summed E-state index contributed by atoms with van der Waals surface area (Å²) in [5.74, 6) is 0. The first kappa shape index (κ1) is 39.1. The standard InChI is InChI=1S/C66H39N3S2/c1-2-12-44(13-3-1)67-61-30-24-42(40-22-28-59-51(34-40)47-14-4-8-18-57(47)68(59)45-26-32-65-55(38-45)49-16-6-10-20-63(49)70-65)36-53(61)54-37-43(25-31-62(54)67)41-23-29-60-52(35-41)48-15-5-9-19-58(48)69(60)46-27-33-66-56(39-46)50-17-7-11-21-64(50)71-66/h1-39H. The van der Waals surface area contributed by atoms with E-state index in [9.17, 15) is 0 Å². The van der Waals surface area contributed by atoms with Crippen molar-refractivity contribution in [2.24, 2.45) is 0 Å². The fourth-order valence-corrected chi connectivity index (χ4v) is 14.0. The van der Waals surface area contributed by atoms with Crippen molar-refractivity contribution in [3.63, 3.8) is 0 Å². The number of aromatic nitrogens is 3. The van der Waals surface area contributed by atoms with Crippen molar-refractivity contribution < 1.29 is 0 Å². The Hall–Kier alpha value is -8.74. The van der Waals surface area contributed by atoms with Crippen LogP contribution in [0.1, 0.15) is 0 Å². The molecule has 0 amide bonds. The average molecular weight is 938 g/mol. The van der Waals surface area contributed by atoms with Crippen molar-refractivity contribution >= 4 is 128 Å². The number of thiophene rings is 2. The average Bonchev–Trinajstić information content (AvgIpc) is 4.24. The summed E-state index contributed by atoms with van der Waals surface area (Å²) in [6.07, 6.45) is 0. The molecule has 0 aliphatic carbocycles. The largest absolute Gasteiger partial charge is 0.309 e. The van der Waals surface area contributed by atoms with E-state index in [2.05, 4.69) is 250 Å². The van der Waals surface area contributed by atoms with E-state index in [0.29, 0.717) is 0 Å². The van der Waals surface area contributed by atoms with E-state index in [1.54, 1.807) is 0 Å². The molecule has 0 saturated carbocycles. The summed E-state index contributed by atoms with van der Waals surface area (Å²) < 4.78 is 12.6. The molecule has 5 heteroatoms. The first-order valence-electron chi connectivity index (χ1n) is 24.2. The highest BCUT2D eigenvalue weighted by atomic mass is 32.1. The van der Waals surface area contributed by atoms with E-state index in [1.165, 1.54) is 139 Å². The van der Waals surface area contributed by atoms with Crippen molar-refractivity contribution in [2.75, 3.05) is 0 Å². The molecule has 11 aromatic carbocycles. The normalized spacial score (nSPS) is 12.2. The number of nitrogens with zero attached hydrogens (tertiary/aromatic N) is 3. The molecular weight excluding hydrogens is 899 g/mol. The van der Waals surface area contributed by atoms with Crippen LogP contribution in [0.5, 0.6) is 0 Å². The van der Waals surface area contributed by atoms with Gasteiger partial charge in [0, 0.05) is 89.7 Å². The first-order chi connectivity index (χ1) is 35.2. The molecule has 16 aromatic rings.